The summed E-state index contributed by atoms with van der Waals surface area (Å²) < 4.78 is 3.98. The summed E-state index contributed by atoms with van der Waals surface area (Å²) in [4.78, 5) is 42.1. The minimum absolute atomic E-state index is 0. The normalized spacial score (nSPS) is 10.9. The number of esters is 2. The molecule has 20 heavy (non-hydrogen) atoms. The van der Waals surface area contributed by atoms with Crippen molar-refractivity contribution in [3.63, 3.8) is 0 Å². The van der Waals surface area contributed by atoms with Crippen molar-refractivity contribution < 1.29 is 163 Å². The van der Waals surface area contributed by atoms with Crippen LogP contribution in [-0.2, 0) is 23.9 Å². The molecule has 0 fully saturated rings. The largest absolute Gasteiger partial charge is 1.00 e. The molecule has 0 rings (SSSR count). The van der Waals surface area contributed by atoms with Gasteiger partial charge in [-0.15, -0.1) is 0 Å². The molecular weight excluding hydrogens is 316 g/mol. The first kappa shape index (κ1) is 33.6. The summed E-state index contributed by atoms with van der Waals surface area (Å²) in [5, 5.41) is 26.3. The molecule has 12 heteroatoms. The van der Waals surface area contributed by atoms with Gasteiger partial charge in [0.2, 0.25) is 0 Å². The van der Waals surface area contributed by atoms with E-state index in [1.165, 1.54) is 0 Å². The monoisotopic (exact) mass is 330 g/mol. The Hall–Kier alpha value is 2.04. The van der Waals surface area contributed by atoms with Crippen LogP contribution in [0.15, 0.2) is 0 Å². The van der Waals surface area contributed by atoms with Crippen LogP contribution < -0.4 is 118 Å². The number of aliphatic hydroxyl groups is 1. The molecule has 0 radical (unpaired) electrons. The maximum atomic E-state index is 10.9. The Kier molecular flexibility index (Phi) is 26.7. The van der Waals surface area contributed by atoms with Crippen LogP contribution >= 0.6 is 0 Å². The molecule has 1 atom stereocenters. The molecule has 0 aromatic rings. The van der Waals surface area contributed by atoms with Crippen LogP contribution in [0.5, 0.6) is 0 Å². The minimum Gasteiger partial charge on any atom is -1.00 e. The molecule has 0 aromatic carbocycles. The Morgan fingerprint density at radius 3 is 1.65 bits per heavy atom. The number of carbonyl (C=O) groups excluding carboxylic acids is 2. The van der Waals surface area contributed by atoms with Gasteiger partial charge in [-0.05, 0) is 0 Å². The standard InChI is InChI=1S/C8H10O8.4Na.4H/c1-4(9)16-6(12)3-8(15,7(13)14)2-5(10)11;;;;;;;;/h15H,2-3H2,1H3,(H,10,11)(H,13,14);;;;;;;;/q;4*+1;4*-1. The number of ether oxygens (including phenoxy) is 1. The first-order valence-electron chi connectivity index (χ1n) is 4.06. The average Bonchev–Trinajstić information content (AvgIpc) is 1.98. The molecule has 1 unspecified atom stereocenters. The van der Waals surface area contributed by atoms with Crippen molar-refractivity contribution in [3.05, 3.63) is 0 Å². The third-order valence-electron chi connectivity index (χ3n) is 1.54. The van der Waals surface area contributed by atoms with Crippen LogP contribution in [0.1, 0.15) is 25.5 Å². The van der Waals surface area contributed by atoms with Gasteiger partial charge < -0.3 is 25.8 Å². The number of carbonyl (C=O) groups is 4. The summed E-state index contributed by atoms with van der Waals surface area (Å²) >= 11 is 0. The van der Waals surface area contributed by atoms with Gasteiger partial charge in [-0.2, -0.15) is 0 Å². The second-order valence-corrected chi connectivity index (χ2v) is 3.05. The molecule has 3 N–H and O–H groups in total. The van der Waals surface area contributed by atoms with Gasteiger partial charge in [0.1, 0.15) is 0 Å². The van der Waals surface area contributed by atoms with Crippen LogP contribution in [0, 0.1) is 0 Å². The summed E-state index contributed by atoms with van der Waals surface area (Å²) in [5.74, 6) is -5.76. The van der Waals surface area contributed by atoms with Crippen molar-refractivity contribution in [2.24, 2.45) is 0 Å². The molecule has 0 aliphatic heterocycles. The molecule has 98 valence electrons. The summed E-state index contributed by atoms with van der Waals surface area (Å²) in [5.41, 5.74) is -2.78. The number of carboxylic acids is 2. The van der Waals surface area contributed by atoms with Crippen molar-refractivity contribution in [1.29, 1.82) is 0 Å². The van der Waals surface area contributed by atoms with Crippen molar-refractivity contribution in [3.8, 4) is 0 Å². The maximum Gasteiger partial charge on any atom is 1.00 e. The van der Waals surface area contributed by atoms with Crippen LogP contribution in [0.3, 0.4) is 0 Å². The molecule has 0 aromatic heterocycles. The Labute approximate surface area is 209 Å². The van der Waals surface area contributed by atoms with E-state index >= 15 is 0 Å². The molecule has 0 aliphatic carbocycles. The zero-order valence-corrected chi connectivity index (χ0v) is 20.3. The van der Waals surface area contributed by atoms with Crippen molar-refractivity contribution in [2.75, 3.05) is 0 Å². The van der Waals surface area contributed by atoms with E-state index in [1.54, 1.807) is 0 Å². The van der Waals surface area contributed by atoms with Gasteiger partial charge in [0, 0.05) is 6.92 Å². The number of aliphatic carboxylic acids is 2. The predicted octanol–water partition coefficient (Wildman–Crippen LogP) is -12.8. The third-order valence-corrected chi connectivity index (χ3v) is 1.54. The fourth-order valence-electron chi connectivity index (χ4n) is 0.899. The van der Waals surface area contributed by atoms with Crippen molar-refractivity contribution >= 4 is 23.9 Å². The van der Waals surface area contributed by atoms with E-state index in [0.717, 1.165) is 6.92 Å². The summed E-state index contributed by atoms with van der Waals surface area (Å²) in [6.07, 6.45) is -2.29. The first-order valence-corrected chi connectivity index (χ1v) is 4.06. The van der Waals surface area contributed by atoms with Crippen LogP contribution in [0.4, 0.5) is 0 Å². The van der Waals surface area contributed by atoms with E-state index in [9.17, 15) is 24.3 Å². The molecule has 0 amide bonds. The predicted molar refractivity (Wildman–Crippen MR) is 50.7 cm³/mol. The number of hydrogen-bond acceptors (Lipinski definition) is 6. The van der Waals surface area contributed by atoms with Crippen LogP contribution in [0.25, 0.3) is 0 Å². The quantitative estimate of drug-likeness (QED) is 0.257. The van der Waals surface area contributed by atoms with Gasteiger partial charge in [0.15, 0.2) is 5.60 Å². The third kappa shape index (κ3) is 15.0. The van der Waals surface area contributed by atoms with E-state index in [4.69, 9.17) is 10.2 Å². The number of carboxylic acid groups (broad SMARTS) is 2. The van der Waals surface area contributed by atoms with E-state index in [2.05, 4.69) is 4.74 Å². The zero-order valence-electron chi connectivity index (χ0n) is 16.3. The molecule has 0 saturated carbocycles. The van der Waals surface area contributed by atoms with E-state index in [-0.39, 0.29) is 124 Å². The van der Waals surface area contributed by atoms with E-state index in [0.29, 0.717) is 0 Å². The second-order valence-electron chi connectivity index (χ2n) is 3.05. The molecule has 8 nitrogen and oxygen atoms in total. The summed E-state index contributed by atoms with van der Waals surface area (Å²) in [6.45, 7) is 0.912. The van der Waals surface area contributed by atoms with E-state index < -0.39 is 42.3 Å². The van der Waals surface area contributed by atoms with Gasteiger partial charge in [-0.1, -0.05) is 0 Å². The van der Waals surface area contributed by atoms with Crippen LogP contribution in [0.2, 0.25) is 0 Å². The van der Waals surface area contributed by atoms with Gasteiger partial charge in [0.25, 0.3) is 0 Å². The fourth-order valence-corrected chi connectivity index (χ4v) is 0.899. The van der Waals surface area contributed by atoms with Crippen molar-refractivity contribution in [1.82, 2.24) is 0 Å². The Morgan fingerprint density at radius 2 is 1.40 bits per heavy atom. The maximum absolute atomic E-state index is 10.9. The van der Waals surface area contributed by atoms with Crippen LogP contribution in [-0.4, -0.2) is 44.8 Å². The molecule has 0 aliphatic rings. The van der Waals surface area contributed by atoms with Gasteiger partial charge in [0.05, 0.1) is 12.8 Å². The van der Waals surface area contributed by atoms with Gasteiger partial charge in [-0.3, -0.25) is 14.4 Å². The van der Waals surface area contributed by atoms with E-state index in [1.807, 2.05) is 0 Å². The molecule has 0 saturated heterocycles. The molecular formula is C8H14Na4O8. The smallest absolute Gasteiger partial charge is 1.00 e. The van der Waals surface area contributed by atoms with Crippen molar-refractivity contribution in [2.45, 2.75) is 25.4 Å². The molecule has 0 spiro atoms. The fraction of sp³-hybridized carbons (Fsp3) is 0.500. The number of hydrogen-bond donors (Lipinski definition) is 3. The SMILES string of the molecule is CC(=O)OC(=O)CC(O)(CC(=O)O)C(=O)O.[H-].[H-].[H-].[H-].[Na+].[Na+].[Na+].[Na+]. The van der Waals surface area contributed by atoms with Gasteiger partial charge in [-0.25, -0.2) is 4.79 Å². The molecule has 0 bridgehead atoms. The molecule has 0 heterocycles. The Morgan fingerprint density at radius 1 is 1.00 bits per heavy atom. The topological polar surface area (TPSA) is 138 Å². The minimum atomic E-state index is -2.78. The first-order chi connectivity index (χ1) is 7.17. The summed E-state index contributed by atoms with van der Waals surface area (Å²) in [6, 6.07) is 0. The average molecular weight is 330 g/mol. The Balaban J connectivity index is -0.0000000402. The number of rotatable bonds is 5. The van der Waals surface area contributed by atoms with Gasteiger partial charge >= 0.3 is 142 Å². The summed E-state index contributed by atoms with van der Waals surface area (Å²) in [7, 11) is 0. The zero-order chi connectivity index (χ0) is 12.9. The second kappa shape index (κ2) is 15.9. The Bertz CT molecular complexity index is 363.